The molecule has 0 aliphatic heterocycles. The minimum absolute atomic E-state index is 0.129. The first-order valence-corrected chi connectivity index (χ1v) is 7.22. The topological polar surface area (TPSA) is 75.9 Å². The Morgan fingerprint density at radius 1 is 1.50 bits per heavy atom. The molecule has 2 heterocycles. The van der Waals surface area contributed by atoms with Crippen LogP contribution in [0.3, 0.4) is 0 Å². The number of aryl methyl sites for hydroxylation is 1. The first-order valence-electron chi connectivity index (χ1n) is 6.40. The fourth-order valence-electron chi connectivity index (χ4n) is 1.68. The largest absolute Gasteiger partial charge is 0.360 e. The summed E-state index contributed by atoms with van der Waals surface area (Å²) in [4.78, 5) is 13.8. The van der Waals surface area contributed by atoms with Crippen LogP contribution in [0.4, 0.5) is 5.13 Å². The number of aromatic nitrogens is 4. The van der Waals surface area contributed by atoms with Crippen molar-refractivity contribution in [1.82, 2.24) is 24.9 Å². The van der Waals surface area contributed by atoms with Gasteiger partial charge in [-0.05, 0) is 6.42 Å². The summed E-state index contributed by atoms with van der Waals surface area (Å²) >= 11 is 1.28. The molecule has 0 unspecified atom stereocenters. The van der Waals surface area contributed by atoms with Gasteiger partial charge in [-0.3, -0.25) is 9.48 Å². The Balaban J connectivity index is 1.97. The standard InChI is InChI=1S/C12H18N6OS/c1-4-5-13-12-16-15-10(20-12)11(19)17(2)7-9-6-14-18(3)8-9/h6,8H,4-5,7H2,1-3H3,(H,13,16). The number of anilines is 1. The van der Waals surface area contributed by atoms with Gasteiger partial charge < -0.3 is 10.2 Å². The van der Waals surface area contributed by atoms with Crippen molar-refractivity contribution < 1.29 is 4.79 Å². The Bertz CT molecular complexity index is 578. The Hall–Kier alpha value is -1.96. The molecule has 0 aliphatic rings. The molecule has 0 saturated heterocycles. The average molecular weight is 294 g/mol. The van der Waals surface area contributed by atoms with Crippen LogP contribution in [0.15, 0.2) is 12.4 Å². The minimum Gasteiger partial charge on any atom is -0.360 e. The summed E-state index contributed by atoms with van der Waals surface area (Å²) in [6, 6.07) is 0. The molecule has 0 atom stereocenters. The molecule has 0 aromatic carbocycles. The maximum Gasteiger partial charge on any atom is 0.284 e. The summed E-state index contributed by atoms with van der Waals surface area (Å²) in [6.07, 6.45) is 4.64. The summed E-state index contributed by atoms with van der Waals surface area (Å²) < 4.78 is 1.71. The van der Waals surface area contributed by atoms with Crippen LogP contribution in [0, 0.1) is 0 Å². The van der Waals surface area contributed by atoms with Crippen LogP contribution in [-0.4, -0.2) is 44.4 Å². The number of hydrogen-bond acceptors (Lipinski definition) is 6. The SMILES string of the molecule is CCCNc1nnc(C(=O)N(C)Cc2cnn(C)c2)s1. The van der Waals surface area contributed by atoms with Gasteiger partial charge in [0.1, 0.15) is 0 Å². The zero-order valence-corrected chi connectivity index (χ0v) is 12.6. The van der Waals surface area contributed by atoms with Gasteiger partial charge >= 0.3 is 0 Å². The summed E-state index contributed by atoms with van der Waals surface area (Å²) in [5.74, 6) is -0.129. The zero-order chi connectivity index (χ0) is 14.5. The Kier molecular flexibility index (Phi) is 4.67. The third-order valence-corrected chi connectivity index (χ3v) is 3.53. The molecule has 7 nitrogen and oxygen atoms in total. The molecule has 1 amide bonds. The van der Waals surface area contributed by atoms with Crippen LogP contribution in [0.25, 0.3) is 0 Å². The van der Waals surface area contributed by atoms with E-state index in [1.165, 1.54) is 11.3 Å². The minimum atomic E-state index is -0.129. The van der Waals surface area contributed by atoms with Crippen LogP contribution >= 0.6 is 11.3 Å². The second-order valence-electron chi connectivity index (χ2n) is 4.52. The first kappa shape index (κ1) is 14.4. The molecule has 0 radical (unpaired) electrons. The molecule has 0 saturated carbocycles. The predicted molar refractivity (Wildman–Crippen MR) is 77.7 cm³/mol. The van der Waals surface area contributed by atoms with Crippen molar-refractivity contribution in [2.75, 3.05) is 18.9 Å². The van der Waals surface area contributed by atoms with Gasteiger partial charge in [0.15, 0.2) is 0 Å². The maximum absolute atomic E-state index is 12.2. The summed E-state index contributed by atoms with van der Waals surface area (Å²) in [5.41, 5.74) is 0.984. The van der Waals surface area contributed by atoms with E-state index in [1.54, 1.807) is 22.8 Å². The summed E-state index contributed by atoms with van der Waals surface area (Å²) in [6.45, 7) is 3.40. The molecule has 8 heteroatoms. The molecule has 2 rings (SSSR count). The number of rotatable bonds is 6. The van der Waals surface area contributed by atoms with Gasteiger partial charge in [0.05, 0.1) is 6.20 Å². The third-order valence-electron chi connectivity index (χ3n) is 2.66. The van der Waals surface area contributed by atoms with E-state index in [-0.39, 0.29) is 5.91 Å². The van der Waals surface area contributed by atoms with Gasteiger partial charge in [-0.25, -0.2) is 0 Å². The van der Waals surface area contributed by atoms with Crippen molar-refractivity contribution in [2.24, 2.45) is 7.05 Å². The fraction of sp³-hybridized carbons (Fsp3) is 0.500. The lowest BCUT2D eigenvalue weighted by Gasteiger charge is -2.13. The quantitative estimate of drug-likeness (QED) is 0.870. The summed E-state index contributed by atoms with van der Waals surface area (Å²) in [7, 11) is 3.59. The van der Waals surface area contributed by atoms with Crippen molar-refractivity contribution in [3.63, 3.8) is 0 Å². The van der Waals surface area contributed by atoms with E-state index in [0.29, 0.717) is 16.7 Å². The summed E-state index contributed by atoms with van der Waals surface area (Å²) in [5, 5.41) is 16.2. The van der Waals surface area contributed by atoms with Crippen LogP contribution in [0.1, 0.15) is 28.7 Å². The predicted octanol–water partition coefficient (Wildman–Crippen LogP) is 1.37. The molecule has 108 valence electrons. The molecule has 2 aromatic heterocycles. The number of nitrogens with zero attached hydrogens (tertiary/aromatic N) is 5. The van der Waals surface area contributed by atoms with E-state index in [9.17, 15) is 4.79 Å². The van der Waals surface area contributed by atoms with Crippen LogP contribution in [-0.2, 0) is 13.6 Å². The van der Waals surface area contributed by atoms with Gasteiger partial charge in [-0.1, -0.05) is 18.3 Å². The van der Waals surface area contributed by atoms with E-state index in [0.717, 1.165) is 18.5 Å². The van der Waals surface area contributed by atoms with E-state index < -0.39 is 0 Å². The van der Waals surface area contributed by atoms with Crippen molar-refractivity contribution >= 4 is 22.4 Å². The van der Waals surface area contributed by atoms with Gasteiger partial charge in [-0.2, -0.15) is 5.10 Å². The first-order chi connectivity index (χ1) is 9.60. The van der Waals surface area contributed by atoms with Gasteiger partial charge in [0, 0.05) is 38.9 Å². The van der Waals surface area contributed by atoms with Crippen molar-refractivity contribution in [1.29, 1.82) is 0 Å². The lowest BCUT2D eigenvalue weighted by Crippen LogP contribution is -2.25. The number of carbonyl (C=O) groups is 1. The Morgan fingerprint density at radius 2 is 2.30 bits per heavy atom. The molecule has 0 fully saturated rings. The zero-order valence-electron chi connectivity index (χ0n) is 11.8. The van der Waals surface area contributed by atoms with Crippen LogP contribution in [0.2, 0.25) is 0 Å². The number of amides is 1. The smallest absolute Gasteiger partial charge is 0.284 e. The second kappa shape index (κ2) is 6.47. The van der Waals surface area contributed by atoms with E-state index in [2.05, 4.69) is 27.5 Å². The Labute approximate surface area is 121 Å². The average Bonchev–Trinajstić information content (AvgIpc) is 3.04. The molecule has 0 bridgehead atoms. The van der Waals surface area contributed by atoms with Gasteiger partial charge in [0.25, 0.3) is 5.91 Å². The Morgan fingerprint density at radius 3 is 2.95 bits per heavy atom. The lowest BCUT2D eigenvalue weighted by atomic mass is 10.3. The molecule has 0 spiro atoms. The van der Waals surface area contributed by atoms with E-state index >= 15 is 0 Å². The van der Waals surface area contributed by atoms with E-state index in [4.69, 9.17) is 0 Å². The van der Waals surface area contributed by atoms with Crippen molar-refractivity contribution in [3.05, 3.63) is 23.0 Å². The molecular formula is C12H18N6OS. The fourth-order valence-corrected chi connectivity index (χ4v) is 2.44. The highest BCUT2D eigenvalue weighted by Crippen LogP contribution is 2.17. The highest BCUT2D eigenvalue weighted by atomic mass is 32.1. The normalized spacial score (nSPS) is 10.6. The van der Waals surface area contributed by atoms with E-state index in [1.807, 2.05) is 13.2 Å². The molecule has 20 heavy (non-hydrogen) atoms. The van der Waals surface area contributed by atoms with Gasteiger partial charge in [0.2, 0.25) is 10.1 Å². The monoisotopic (exact) mass is 294 g/mol. The van der Waals surface area contributed by atoms with Crippen LogP contribution < -0.4 is 5.32 Å². The molecule has 0 aliphatic carbocycles. The highest BCUT2D eigenvalue weighted by Gasteiger charge is 2.17. The number of nitrogens with one attached hydrogen (secondary N) is 1. The highest BCUT2D eigenvalue weighted by molar-refractivity contribution is 7.17. The maximum atomic E-state index is 12.2. The molecule has 1 N–H and O–H groups in total. The number of carbonyl (C=O) groups excluding carboxylic acids is 1. The van der Waals surface area contributed by atoms with Crippen molar-refractivity contribution in [3.8, 4) is 0 Å². The second-order valence-corrected chi connectivity index (χ2v) is 5.50. The lowest BCUT2D eigenvalue weighted by molar-refractivity contribution is 0.0784. The van der Waals surface area contributed by atoms with Crippen LogP contribution in [0.5, 0.6) is 0 Å². The third kappa shape index (κ3) is 3.53. The van der Waals surface area contributed by atoms with Crippen molar-refractivity contribution in [2.45, 2.75) is 19.9 Å². The molecular weight excluding hydrogens is 276 g/mol. The number of hydrogen-bond donors (Lipinski definition) is 1. The van der Waals surface area contributed by atoms with Gasteiger partial charge in [-0.15, -0.1) is 10.2 Å². The molecule has 2 aromatic rings.